The smallest absolute Gasteiger partial charge is 0.161 e. The maximum absolute atomic E-state index is 10.1. The van der Waals surface area contributed by atoms with Gasteiger partial charge in [0.05, 0.1) is 12.7 Å². The number of benzene rings is 1. The molecule has 1 rings (SSSR count). The van der Waals surface area contributed by atoms with Gasteiger partial charge in [-0.15, -0.1) is 0 Å². The molecule has 150 valence electrons. The summed E-state index contributed by atoms with van der Waals surface area (Å²) >= 11 is 0. The first kappa shape index (κ1) is 22.7. The van der Waals surface area contributed by atoms with Gasteiger partial charge in [-0.05, 0) is 52.4 Å². The molecule has 1 aromatic carbocycles. The highest BCUT2D eigenvalue weighted by atomic mass is 16.5. The van der Waals surface area contributed by atoms with E-state index in [0.29, 0.717) is 30.6 Å². The zero-order valence-electron chi connectivity index (χ0n) is 17.3. The van der Waals surface area contributed by atoms with Crippen LogP contribution in [0.1, 0.15) is 33.3 Å². The zero-order chi connectivity index (χ0) is 19.7. The minimum Gasteiger partial charge on any atom is -0.493 e. The largest absolute Gasteiger partial charge is 0.493 e. The van der Waals surface area contributed by atoms with Gasteiger partial charge < -0.3 is 29.5 Å². The quantitative estimate of drug-likeness (QED) is 0.590. The molecule has 0 saturated heterocycles. The summed E-state index contributed by atoms with van der Waals surface area (Å²) in [6.07, 6.45) is -0.551. The second kappa shape index (κ2) is 10.7. The molecule has 0 saturated carbocycles. The first-order valence-corrected chi connectivity index (χ1v) is 9.12. The number of hydrogen-bond donors (Lipinski definition) is 2. The molecule has 1 aromatic rings. The Morgan fingerprint density at radius 2 is 1.88 bits per heavy atom. The third-order valence-corrected chi connectivity index (χ3v) is 4.47. The Labute approximate surface area is 158 Å². The third-order valence-electron chi connectivity index (χ3n) is 4.47. The number of methoxy groups -OCH3 is 2. The van der Waals surface area contributed by atoms with Crippen molar-refractivity contribution in [3.05, 3.63) is 23.8 Å². The highest BCUT2D eigenvalue weighted by molar-refractivity contribution is 5.43. The number of ether oxygens (including phenoxy) is 3. The van der Waals surface area contributed by atoms with Crippen molar-refractivity contribution in [3.63, 3.8) is 0 Å². The molecule has 0 radical (unpaired) electrons. The summed E-state index contributed by atoms with van der Waals surface area (Å²) in [5, 5.41) is 13.5. The molecule has 0 aliphatic rings. The van der Waals surface area contributed by atoms with E-state index in [1.54, 1.807) is 14.2 Å². The van der Waals surface area contributed by atoms with E-state index in [1.165, 1.54) is 0 Å². The minimum atomic E-state index is -0.551. The number of aliphatic hydroxyl groups is 1. The lowest BCUT2D eigenvalue weighted by Crippen LogP contribution is -2.37. The maximum Gasteiger partial charge on any atom is 0.161 e. The summed E-state index contributed by atoms with van der Waals surface area (Å²) in [5.41, 5.74) is 0.896. The molecule has 2 N–H and O–H groups in total. The van der Waals surface area contributed by atoms with E-state index in [1.807, 2.05) is 39.1 Å². The van der Waals surface area contributed by atoms with Gasteiger partial charge in [0.2, 0.25) is 0 Å². The van der Waals surface area contributed by atoms with Crippen molar-refractivity contribution < 1.29 is 19.3 Å². The number of likely N-dealkylation sites (N-methyl/N-ethyl adjacent to an activating group) is 1. The van der Waals surface area contributed by atoms with Crippen LogP contribution >= 0.6 is 0 Å². The Morgan fingerprint density at radius 3 is 2.46 bits per heavy atom. The van der Waals surface area contributed by atoms with Gasteiger partial charge in [0.15, 0.2) is 11.5 Å². The monoisotopic (exact) mass is 368 g/mol. The molecule has 0 fully saturated rings. The average molecular weight is 369 g/mol. The highest BCUT2D eigenvalue weighted by Gasteiger charge is 2.16. The molecule has 0 bridgehead atoms. The number of aliphatic hydroxyl groups excluding tert-OH is 1. The van der Waals surface area contributed by atoms with Gasteiger partial charge >= 0.3 is 0 Å². The van der Waals surface area contributed by atoms with Crippen molar-refractivity contribution >= 4 is 0 Å². The van der Waals surface area contributed by atoms with Crippen molar-refractivity contribution in [2.75, 3.05) is 41.0 Å². The molecular formula is C20H36N2O4. The Kier molecular flexibility index (Phi) is 9.36. The molecule has 1 atom stereocenters. The van der Waals surface area contributed by atoms with Gasteiger partial charge in [-0.1, -0.05) is 6.07 Å². The van der Waals surface area contributed by atoms with Crippen LogP contribution in [0.4, 0.5) is 0 Å². The van der Waals surface area contributed by atoms with Crippen molar-refractivity contribution in [1.29, 1.82) is 0 Å². The standard InChI is InChI=1S/C20H36N2O4/c1-15(2)22(5)12-17(23)13-26-18-9-8-16(10-19(18)24-6)11-21-14-20(3,4)25-7/h8-10,15,17,21,23H,11-14H2,1-7H3. The summed E-state index contributed by atoms with van der Waals surface area (Å²) in [5.74, 6) is 1.31. The predicted molar refractivity (Wildman–Crippen MR) is 105 cm³/mol. The first-order chi connectivity index (χ1) is 12.2. The van der Waals surface area contributed by atoms with Crippen LogP contribution in [0.5, 0.6) is 11.5 Å². The molecule has 0 heterocycles. The van der Waals surface area contributed by atoms with E-state index in [4.69, 9.17) is 14.2 Å². The van der Waals surface area contributed by atoms with Crippen LogP contribution in [0.3, 0.4) is 0 Å². The zero-order valence-corrected chi connectivity index (χ0v) is 17.3. The molecule has 0 aliphatic carbocycles. The second-order valence-corrected chi connectivity index (χ2v) is 7.55. The van der Waals surface area contributed by atoms with Crippen LogP contribution in [0.25, 0.3) is 0 Å². The molecule has 0 aliphatic heterocycles. The topological polar surface area (TPSA) is 63.2 Å². The SMILES string of the molecule is COc1cc(CNCC(C)(C)OC)ccc1OCC(O)CN(C)C(C)C. The van der Waals surface area contributed by atoms with Gasteiger partial charge in [-0.25, -0.2) is 0 Å². The maximum atomic E-state index is 10.1. The Morgan fingerprint density at radius 1 is 1.19 bits per heavy atom. The van der Waals surface area contributed by atoms with Crippen LogP contribution in [0.2, 0.25) is 0 Å². The molecule has 26 heavy (non-hydrogen) atoms. The van der Waals surface area contributed by atoms with E-state index < -0.39 is 6.10 Å². The van der Waals surface area contributed by atoms with Crippen molar-refractivity contribution in [2.45, 2.75) is 52.0 Å². The average Bonchev–Trinajstić information content (AvgIpc) is 2.60. The fourth-order valence-corrected chi connectivity index (χ4v) is 2.30. The minimum absolute atomic E-state index is 0.202. The van der Waals surface area contributed by atoms with Gasteiger partial charge in [0.1, 0.15) is 12.7 Å². The Balaban J connectivity index is 2.57. The van der Waals surface area contributed by atoms with Crippen LogP contribution in [-0.4, -0.2) is 68.7 Å². The second-order valence-electron chi connectivity index (χ2n) is 7.55. The van der Waals surface area contributed by atoms with E-state index in [9.17, 15) is 5.11 Å². The van der Waals surface area contributed by atoms with Crippen molar-refractivity contribution in [1.82, 2.24) is 10.2 Å². The summed E-state index contributed by atoms with van der Waals surface area (Å²) in [6.45, 7) is 10.5. The lowest BCUT2D eigenvalue weighted by Gasteiger charge is -2.24. The highest BCUT2D eigenvalue weighted by Crippen LogP contribution is 2.28. The summed E-state index contributed by atoms with van der Waals surface area (Å²) in [6, 6.07) is 6.22. The molecule has 0 amide bonds. The summed E-state index contributed by atoms with van der Waals surface area (Å²) in [7, 11) is 5.32. The van der Waals surface area contributed by atoms with E-state index in [-0.39, 0.29) is 12.2 Å². The van der Waals surface area contributed by atoms with E-state index in [0.717, 1.165) is 12.1 Å². The molecule has 6 heteroatoms. The Bertz CT molecular complexity index is 535. The number of rotatable bonds is 12. The molecule has 6 nitrogen and oxygen atoms in total. The summed E-state index contributed by atoms with van der Waals surface area (Å²) in [4.78, 5) is 2.08. The van der Waals surface area contributed by atoms with Crippen molar-refractivity contribution in [2.24, 2.45) is 0 Å². The first-order valence-electron chi connectivity index (χ1n) is 9.12. The van der Waals surface area contributed by atoms with Crippen LogP contribution < -0.4 is 14.8 Å². The van der Waals surface area contributed by atoms with Gasteiger partial charge in [-0.2, -0.15) is 0 Å². The Hall–Kier alpha value is -1.34. The van der Waals surface area contributed by atoms with E-state index >= 15 is 0 Å². The fourth-order valence-electron chi connectivity index (χ4n) is 2.30. The number of hydrogen-bond acceptors (Lipinski definition) is 6. The molecule has 0 aromatic heterocycles. The van der Waals surface area contributed by atoms with Crippen molar-refractivity contribution in [3.8, 4) is 11.5 Å². The van der Waals surface area contributed by atoms with Gasteiger partial charge in [0, 0.05) is 32.8 Å². The fraction of sp³-hybridized carbons (Fsp3) is 0.700. The lowest BCUT2D eigenvalue weighted by molar-refractivity contribution is 0.0230. The molecular weight excluding hydrogens is 332 g/mol. The molecule has 0 spiro atoms. The number of nitrogens with zero attached hydrogens (tertiary/aromatic N) is 1. The van der Waals surface area contributed by atoms with Crippen LogP contribution in [0, 0.1) is 0 Å². The van der Waals surface area contributed by atoms with Crippen LogP contribution in [-0.2, 0) is 11.3 Å². The lowest BCUT2D eigenvalue weighted by atomic mass is 10.1. The van der Waals surface area contributed by atoms with E-state index in [2.05, 4.69) is 24.1 Å². The van der Waals surface area contributed by atoms with Crippen LogP contribution in [0.15, 0.2) is 18.2 Å². The molecule has 1 unspecified atom stereocenters. The normalized spacial score (nSPS) is 13.3. The number of nitrogens with one attached hydrogen (secondary N) is 1. The van der Waals surface area contributed by atoms with Gasteiger partial charge in [-0.3, -0.25) is 0 Å². The third kappa shape index (κ3) is 7.91. The predicted octanol–water partition coefficient (Wildman–Crippen LogP) is 2.29. The summed E-state index contributed by atoms with van der Waals surface area (Å²) < 4.78 is 16.6. The van der Waals surface area contributed by atoms with Gasteiger partial charge in [0.25, 0.3) is 0 Å².